The van der Waals surface area contributed by atoms with E-state index >= 15 is 0 Å². The van der Waals surface area contributed by atoms with Crippen LogP contribution in [0, 0.1) is 50.2 Å². The fourth-order valence-corrected chi connectivity index (χ4v) is 12.3. The van der Waals surface area contributed by atoms with Crippen LogP contribution in [0.25, 0.3) is 0 Å². The molecule has 6 rings (SSSR count). The number of hydrogen-bond acceptors (Lipinski definition) is 8. The highest BCUT2D eigenvalue weighted by Crippen LogP contribution is 2.75. The van der Waals surface area contributed by atoms with Gasteiger partial charge in [0.1, 0.15) is 6.54 Å². The summed E-state index contributed by atoms with van der Waals surface area (Å²) in [6.07, 6.45) is 12.4. The quantitative estimate of drug-likeness (QED) is 0.135. The van der Waals surface area contributed by atoms with Gasteiger partial charge in [-0.3, -0.25) is 19.3 Å². The van der Waals surface area contributed by atoms with E-state index in [-0.39, 0.29) is 50.6 Å². The van der Waals surface area contributed by atoms with Crippen LogP contribution < -0.4 is 0 Å². The average Bonchev–Trinajstić information content (AvgIpc) is 3.28. The van der Waals surface area contributed by atoms with Crippen molar-refractivity contribution >= 4 is 40.6 Å². The predicted molar refractivity (Wildman–Crippen MR) is 174 cm³/mol. The Kier molecular flexibility index (Phi) is 7.78. The molecule has 2 amide bonds. The SMILES string of the molecule is COC(=O)[C@]12CCC(C)(C)C[C@@H]1C1=CC[C@H]3[C@@]4(C)CC/C(=N/OC(=O)CN5C(=O)CSC5=O)C(C)(C)[C@H]4CC[C@@]3(C)[C@]1(C)CC2. The van der Waals surface area contributed by atoms with Crippen LogP contribution in [0.1, 0.15) is 113 Å². The zero-order valence-corrected chi connectivity index (χ0v) is 29.4. The summed E-state index contributed by atoms with van der Waals surface area (Å²) in [6.45, 7) is 16.4. The number of carbonyl (C=O) groups is 4. The van der Waals surface area contributed by atoms with Gasteiger partial charge < -0.3 is 9.57 Å². The highest BCUT2D eigenvalue weighted by molar-refractivity contribution is 8.14. The first-order valence-corrected chi connectivity index (χ1v) is 18.0. The molecule has 0 bridgehead atoms. The van der Waals surface area contributed by atoms with E-state index < -0.39 is 23.2 Å². The minimum absolute atomic E-state index is 0.00652. The zero-order chi connectivity index (χ0) is 32.8. The number of fused-ring (bicyclic) bond motifs is 7. The summed E-state index contributed by atoms with van der Waals surface area (Å²) >= 11 is 0.905. The number of hydrogen-bond donors (Lipinski definition) is 0. The maximum atomic E-state index is 13.5. The number of oxime groups is 1. The summed E-state index contributed by atoms with van der Waals surface area (Å²) in [5.74, 6) is 0.105. The van der Waals surface area contributed by atoms with Crippen molar-refractivity contribution in [2.24, 2.45) is 55.4 Å². The van der Waals surface area contributed by atoms with Crippen LogP contribution in [-0.4, -0.2) is 53.1 Å². The minimum Gasteiger partial charge on any atom is -0.469 e. The van der Waals surface area contributed by atoms with Crippen molar-refractivity contribution in [3.63, 3.8) is 0 Å². The zero-order valence-electron chi connectivity index (χ0n) is 28.5. The Morgan fingerprint density at radius 3 is 2.36 bits per heavy atom. The Morgan fingerprint density at radius 2 is 1.69 bits per heavy atom. The molecular formula is C36H52N2O6S. The number of amides is 2. The minimum atomic E-state index is -0.684. The van der Waals surface area contributed by atoms with Gasteiger partial charge in [0, 0.05) is 5.41 Å². The molecule has 4 saturated carbocycles. The van der Waals surface area contributed by atoms with E-state index in [1.54, 1.807) is 7.11 Å². The number of rotatable bonds is 4. The molecular weight excluding hydrogens is 588 g/mol. The second-order valence-electron chi connectivity index (χ2n) is 17.1. The summed E-state index contributed by atoms with van der Waals surface area (Å²) in [5, 5.41) is 3.98. The third kappa shape index (κ3) is 4.70. The number of imide groups is 1. The first-order valence-electron chi connectivity index (χ1n) is 17.0. The standard InChI is InChI=1S/C36H52N2O6S/c1-31(2)15-17-36(29(41)43-8)18-16-34(6)22(23(36)19-31)9-10-25-33(5)13-12-26(32(3,4)24(33)11-14-35(25,34)7)37-44-28(40)20-38-27(39)21-45-30(38)42/h9,23-25H,10-21H2,1-8H3/b37-26-/t23-,24-,25+,33+,34-,35-,36+/m1/s1. The lowest BCUT2D eigenvalue weighted by Gasteiger charge is -2.70. The van der Waals surface area contributed by atoms with Crippen LogP contribution in [-0.2, 0) is 24.0 Å². The fourth-order valence-electron chi connectivity index (χ4n) is 11.6. The van der Waals surface area contributed by atoms with Gasteiger partial charge >= 0.3 is 11.9 Å². The summed E-state index contributed by atoms with van der Waals surface area (Å²) in [7, 11) is 1.56. The number of thioether (sulfide) groups is 1. The van der Waals surface area contributed by atoms with Crippen LogP contribution in [0.2, 0.25) is 0 Å². The Bertz CT molecular complexity index is 1370. The molecule has 5 fully saturated rings. The fraction of sp³-hybridized carbons (Fsp3) is 0.806. The molecule has 0 aromatic heterocycles. The molecule has 0 spiro atoms. The van der Waals surface area contributed by atoms with Gasteiger partial charge in [-0.2, -0.15) is 0 Å². The topological polar surface area (TPSA) is 102 Å². The second kappa shape index (κ2) is 10.7. The molecule has 1 aliphatic heterocycles. The molecule has 1 saturated heterocycles. The van der Waals surface area contributed by atoms with Crippen LogP contribution in [0.3, 0.4) is 0 Å². The Labute approximate surface area is 272 Å². The Balaban J connectivity index is 1.27. The Morgan fingerprint density at radius 1 is 0.978 bits per heavy atom. The molecule has 8 nitrogen and oxygen atoms in total. The van der Waals surface area contributed by atoms with E-state index in [1.807, 2.05) is 0 Å². The molecule has 45 heavy (non-hydrogen) atoms. The van der Waals surface area contributed by atoms with Gasteiger partial charge in [0.05, 0.1) is 24.0 Å². The monoisotopic (exact) mass is 640 g/mol. The molecule has 7 atom stereocenters. The number of carbonyl (C=O) groups excluding carboxylic acids is 4. The van der Waals surface area contributed by atoms with E-state index in [9.17, 15) is 19.2 Å². The van der Waals surface area contributed by atoms with E-state index in [4.69, 9.17) is 9.57 Å². The normalized spacial score (nSPS) is 42.6. The highest BCUT2D eigenvalue weighted by atomic mass is 32.2. The lowest BCUT2D eigenvalue weighted by Crippen LogP contribution is -2.64. The smallest absolute Gasteiger partial charge is 0.354 e. The third-order valence-electron chi connectivity index (χ3n) is 14.4. The van der Waals surface area contributed by atoms with Crippen molar-refractivity contribution in [3.05, 3.63) is 11.6 Å². The average molecular weight is 641 g/mol. The maximum absolute atomic E-state index is 13.5. The first-order chi connectivity index (χ1) is 20.9. The van der Waals surface area contributed by atoms with Crippen LogP contribution >= 0.6 is 11.8 Å². The maximum Gasteiger partial charge on any atom is 0.354 e. The molecule has 0 aromatic carbocycles. The Hall–Kier alpha value is -2.16. The molecule has 9 heteroatoms. The van der Waals surface area contributed by atoms with Crippen molar-refractivity contribution in [1.82, 2.24) is 4.90 Å². The number of allylic oxidation sites excluding steroid dienone is 2. The van der Waals surface area contributed by atoms with E-state index in [0.29, 0.717) is 11.8 Å². The van der Waals surface area contributed by atoms with Crippen molar-refractivity contribution in [3.8, 4) is 0 Å². The third-order valence-corrected chi connectivity index (χ3v) is 15.3. The molecule has 0 unspecified atom stereocenters. The molecule has 5 aliphatic carbocycles. The van der Waals surface area contributed by atoms with Gasteiger partial charge in [-0.1, -0.05) is 77.0 Å². The molecule has 248 valence electrons. The van der Waals surface area contributed by atoms with Gasteiger partial charge in [0.25, 0.3) is 5.24 Å². The molecule has 0 N–H and O–H groups in total. The molecule has 0 aromatic rings. The van der Waals surface area contributed by atoms with Crippen molar-refractivity contribution in [1.29, 1.82) is 0 Å². The van der Waals surface area contributed by atoms with Crippen molar-refractivity contribution < 1.29 is 28.8 Å². The first kappa shape index (κ1) is 32.8. The van der Waals surface area contributed by atoms with Gasteiger partial charge in [0.15, 0.2) is 0 Å². The number of esters is 1. The van der Waals surface area contributed by atoms with E-state index in [1.165, 1.54) is 5.57 Å². The van der Waals surface area contributed by atoms with E-state index in [0.717, 1.165) is 86.6 Å². The van der Waals surface area contributed by atoms with E-state index in [2.05, 4.69) is 59.7 Å². The number of methoxy groups -OCH3 is 1. The summed E-state index contributed by atoms with van der Waals surface area (Å²) in [6, 6.07) is 0. The number of nitrogens with zero attached hydrogens (tertiary/aromatic N) is 2. The summed E-state index contributed by atoms with van der Waals surface area (Å²) in [5.41, 5.74) is 2.17. The molecule has 1 heterocycles. The summed E-state index contributed by atoms with van der Waals surface area (Å²) in [4.78, 5) is 56.3. The van der Waals surface area contributed by atoms with Crippen molar-refractivity contribution in [2.45, 2.75) is 113 Å². The predicted octanol–water partition coefficient (Wildman–Crippen LogP) is 7.56. The lowest BCUT2D eigenvalue weighted by molar-refractivity contribution is -0.181. The van der Waals surface area contributed by atoms with Crippen LogP contribution in [0.5, 0.6) is 0 Å². The highest BCUT2D eigenvalue weighted by Gasteiger charge is 2.69. The molecule has 6 aliphatic rings. The summed E-state index contributed by atoms with van der Waals surface area (Å²) < 4.78 is 5.52. The van der Waals surface area contributed by atoms with Crippen molar-refractivity contribution in [2.75, 3.05) is 19.4 Å². The molecule has 0 radical (unpaired) electrons. The van der Waals surface area contributed by atoms with Gasteiger partial charge in [-0.25, -0.2) is 4.79 Å². The second-order valence-corrected chi connectivity index (χ2v) is 18.0. The van der Waals surface area contributed by atoms with Gasteiger partial charge in [-0.15, -0.1) is 0 Å². The van der Waals surface area contributed by atoms with Crippen LogP contribution in [0.15, 0.2) is 16.8 Å². The largest absolute Gasteiger partial charge is 0.469 e. The van der Waals surface area contributed by atoms with Gasteiger partial charge in [-0.05, 0) is 104 Å². The van der Waals surface area contributed by atoms with Crippen LogP contribution in [0.4, 0.5) is 4.79 Å². The number of ether oxygens (including phenoxy) is 1. The van der Waals surface area contributed by atoms with Gasteiger partial charge in [0.2, 0.25) is 5.91 Å². The lowest BCUT2D eigenvalue weighted by atomic mass is 9.33.